The summed E-state index contributed by atoms with van der Waals surface area (Å²) in [6.45, 7) is 6.47. The average Bonchev–Trinajstić information content (AvgIpc) is 2.46. The predicted octanol–water partition coefficient (Wildman–Crippen LogP) is 3.98. The molecule has 0 aromatic heterocycles. The lowest BCUT2D eigenvalue weighted by atomic mass is 9.86. The Morgan fingerprint density at radius 1 is 1.16 bits per heavy atom. The van der Waals surface area contributed by atoms with Crippen molar-refractivity contribution in [2.24, 2.45) is 0 Å². The molecule has 0 aliphatic heterocycles. The summed E-state index contributed by atoms with van der Waals surface area (Å²) in [5.41, 5.74) is 1.45. The number of hydrogen-bond donors (Lipinski definition) is 1. The summed E-state index contributed by atoms with van der Waals surface area (Å²) in [5, 5.41) is 3.72. The van der Waals surface area contributed by atoms with Crippen LogP contribution in [-0.2, 0) is 4.74 Å². The van der Waals surface area contributed by atoms with E-state index in [1.807, 2.05) is 0 Å². The standard InChI is InChI=1S/C17H29NO/c1-4-13-18-17(12-9-14-19-3)16(5-2)15-10-7-6-8-11-15/h6-8,10-11,16-18H,4-5,9,12-14H2,1-3H3. The molecule has 0 amide bonds. The number of methoxy groups -OCH3 is 1. The quantitative estimate of drug-likeness (QED) is 0.645. The summed E-state index contributed by atoms with van der Waals surface area (Å²) >= 11 is 0. The molecule has 0 aliphatic carbocycles. The van der Waals surface area contributed by atoms with Gasteiger partial charge in [-0.3, -0.25) is 0 Å². The average molecular weight is 263 g/mol. The van der Waals surface area contributed by atoms with Crippen molar-refractivity contribution in [1.29, 1.82) is 0 Å². The zero-order valence-electron chi connectivity index (χ0n) is 12.7. The predicted molar refractivity (Wildman–Crippen MR) is 82.7 cm³/mol. The lowest BCUT2D eigenvalue weighted by Crippen LogP contribution is -2.35. The molecule has 1 aromatic rings. The zero-order chi connectivity index (χ0) is 13.9. The molecule has 0 radical (unpaired) electrons. The molecular weight excluding hydrogens is 234 g/mol. The van der Waals surface area contributed by atoms with Gasteiger partial charge in [-0.2, -0.15) is 0 Å². The third-order valence-electron chi connectivity index (χ3n) is 3.67. The van der Waals surface area contributed by atoms with Gasteiger partial charge in [0.25, 0.3) is 0 Å². The Labute approximate surface area is 118 Å². The Kier molecular flexibility index (Phi) is 8.52. The van der Waals surface area contributed by atoms with Crippen LogP contribution in [-0.4, -0.2) is 26.3 Å². The van der Waals surface area contributed by atoms with Crippen LogP contribution in [0.15, 0.2) is 30.3 Å². The van der Waals surface area contributed by atoms with Gasteiger partial charge in [0.15, 0.2) is 0 Å². The van der Waals surface area contributed by atoms with Crippen LogP contribution in [0.4, 0.5) is 0 Å². The molecule has 0 spiro atoms. The maximum absolute atomic E-state index is 5.19. The van der Waals surface area contributed by atoms with Crippen molar-refractivity contribution in [2.75, 3.05) is 20.3 Å². The van der Waals surface area contributed by atoms with E-state index in [9.17, 15) is 0 Å². The lowest BCUT2D eigenvalue weighted by Gasteiger charge is -2.28. The highest BCUT2D eigenvalue weighted by Gasteiger charge is 2.20. The molecule has 1 aromatic carbocycles. The van der Waals surface area contributed by atoms with Crippen LogP contribution in [0.3, 0.4) is 0 Å². The van der Waals surface area contributed by atoms with Crippen molar-refractivity contribution >= 4 is 0 Å². The molecule has 0 heterocycles. The Bertz CT molecular complexity index is 312. The molecule has 0 fully saturated rings. The molecule has 108 valence electrons. The van der Waals surface area contributed by atoms with Gasteiger partial charge in [-0.05, 0) is 43.7 Å². The van der Waals surface area contributed by atoms with Crippen molar-refractivity contribution in [3.8, 4) is 0 Å². The normalized spacial score (nSPS) is 14.3. The van der Waals surface area contributed by atoms with E-state index in [1.165, 1.54) is 24.8 Å². The summed E-state index contributed by atoms with van der Waals surface area (Å²) in [7, 11) is 1.78. The van der Waals surface area contributed by atoms with Crippen molar-refractivity contribution in [3.05, 3.63) is 35.9 Å². The fourth-order valence-corrected chi connectivity index (χ4v) is 2.68. The lowest BCUT2D eigenvalue weighted by molar-refractivity contribution is 0.186. The van der Waals surface area contributed by atoms with Gasteiger partial charge < -0.3 is 10.1 Å². The van der Waals surface area contributed by atoms with Crippen LogP contribution >= 0.6 is 0 Å². The van der Waals surface area contributed by atoms with E-state index < -0.39 is 0 Å². The highest BCUT2D eigenvalue weighted by atomic mass is 16.5. The third kappa shape index (κ3) is 5.75. The highest BCUT2D eigenvalue weighted by Crippen LogP contribution is 2.25. The first-order valence-electron chi connectivity index (χ1n) is 7.60. The molecule has 0 aliphatic rings. The fraction of sp³-hybridized carbons (Fsp3) is 0.647. The van der Waals surface area contributed by atoms with E-state index in [4.69, 9.17) is 4.74 Å². The largest absolute Gasteiger partial charge is 0.385 e. The van der Waals surface area contributed by atoms with Gasteiger partial charge in [0.2, 0.25) is 0 Å². The number of ether oxygens (including phenoxy) is 1. The molecule has 1 N–H and O–H groups in total. The molecule has 2 atom stereocenters. The van der Waals surface area contributed by atoms with Crippen molar-refractivity contribution in [1.82, 2.24) is 5.32 Å². The Morgan fingerprint density at radius 2 is 1.89 bits per heavy atom. The van der Waals surface area contributed by atoms with Crippen LogP contribution in [0.1, 0.15) is 51.0 Å². The molecular formula is C17H29NO. The van der Waals surface area contributed by atoms with E-state index in [0.717, 1.165) is 19.6 Å². The fourth-order valence-electron chi connectivity index (χ4n) is 2.68. The van der Waals surface area contributed by atoms with Crippen molar-refractivity contribution in [2.45, 2.75) is 51.5 Å². The zero-order valence-corrected chi connectivity index (χ0v) is 12.7. The maximum atomic E-state index is 5.19. The molecule has 2 unspecified atom stereocenters. The minimum atomic E-state index is 0.558. The molecule has 19 heavy (non-hydrogen) atoms. The van der Waals surface area contributed by atoms with Gasteiger partial charge in [-0.25, -0.2) is 0 Å². The van der Waals surface area contributed by atoms with E-state index in [1.54, 1.807) is 7.11 Å². The topological polar surface area (TPSA) is 21.3 Å². The SMILES string of the molecule is CCCNC(CCCOC)C(CC)c1ccccc1. The highest BCUT2D eigenvalue weighted by molar-refractivity contribution is 5.21. The van der Waals surface area contributed by atoms with Crippen molar-refractivity contribution in [3.63, 3.8) is 0 Å². The van der Waals surface area contributed by atoms with Gasteiger partial charge in [0, 0.05) is 19.8 Å². The first-order valence-corrected chi connectivity index (χ1v) is 7.60. The van der Waals surface area contributed by atoms with Crippen molar-refractivity contribution < 1.29 is 4.74 Å². The third-order valence-corrected chi connectivity index (χ3v) is 3.67. The van der Waals surface area contributed by atoms with Gasteiger partial charge in [0.1, 0.15) is 0 Å². The number of benzene rings is 1. The molecule has 0 bridgehead atoms. The monoisotopic (exact) mass is 263 g/mol. The van der Waals surface area contributed by atoms with Crippen LogP contribution in [0.5, 0.6) is 0 Å². The molecule has 0 saturated carbocycles. The van der Waals surface area contributed by atoms with E-state index in [-0.39, 0.29) is 0 Å². The Balaban J connectivity index is 2.68. The summed E-state index contributed by atoms with van der Waals surface area (Å²) in [4.78, 5) is 0. The first-order chi connectivity index (χ1) is 9.33. The van der Waals surface area contributed by atoms with E-state index in [2.05, 4.69) is 49.5 Å². The molecule has 2 nitrogen and oxygen atoms in total. The first kappa shape index (κ1) is 16.2. The van der Waals surface area contributed by atoms with Crippen LogP contribution < -0.4 is 5.32 Å². The van der Waals surface area contributed by atoms with Gasteiger partial charge in [0.05, 0.1) is 0 Å². The molecule has 2 heteroatoms. The summed E-state index contributed by atoms with van der Waals surface area (Å²) in [5.74, 6) is 0.601. The maximum Gasteiger partial charge on any atom is 0.0462 e. The van der Waals surface area contributed by atoms with E-state index >= 15 is 0 Å². The second-order valence-corrected chi connectivity index (χ2v) is 5.12. The number of hydrogen-bond acceptors (Lipinski definition) is 2. The molecule has 0 saturated heterocycles. The Hall–Kier alpha value is -0.860. The van der Waals surface area contributed by atoms with Gasteiger partial charge in [-0.15, -0.1) is 0 Å². The van der Waals surface area contributed by atoms with Crippen LogP contribution in [0.2, 0.25) is 0 Å². The number of rotatable bonds is 10. The number of nitrogens with one attached hydrogen (secondary N) is 1. The van der Waals surface area contributed by atoms with Gasteiger partial charge >= 0.3 is 0 Å². The smallest absolute Gasteiger partial charge is 0.0462 e. The van der Waals surface area contributed by atoms with Crippen LogP contribution in [0, 0.1) is 0 Å². The minimum absolute atomic E-state index is 0.558. The van der Waals surface area contributed by atoms with E-state index in [0.29, 0.717) is 12.0 Å². The summed E-state index contributed by atoms with van der Waals surface area (Å²) in [6.07, 6.45) is 4.67. The molecule has 1 rings (SSSR count). The second-order valence-electron chi connectivity index (χ2n) is 5.12. The van der Waals surface area contributed by atoms with Gasteiger partial charge in [-0.1, -0.05) is 44.2 Å². The van der Waals surface area contributed by atoms with Crippen LogP contribution in [0.25, 0.3) is 0 Å². The minimum Gasteiger partial charge on any atom is -0.385 e. The Morgan fingerprint density at radius 3 is 2.47 bits per heavy atom. The summed E-state index contributed by atoms with van der Waals surface area (Å²) < 4.78 is 5.19. The summed E-state index contributed by atoms with van der Waals surface area (Å²) in [6, 6.07) is 11.4. The second kappa shape index (κ2) is 9.99.